The predicted octanol–water partition coefficient (Wildman–Crippen LogP) is 1.45. The molecule has 0 atom stereocenters. The first kappa shape index (κ1) is 12.5. The van der Waals surface area contributed by atoms with Crippen LogP contribution in [-0.4, -0.2) is 27.7 Å². The molecule has 1 N–H and O–H groups in total. The average molecular weight is 255 g/mol. The topological polar surface area (TPSA) is 55.4 Å². The molecule has 1 fully saturated rings. The molecule has 0 radical (unpaired) electrons. The summed E-state index contributed by atoms with van der Waals surface area (Å²) in [7, 11) is -3.40. The summed E-state index contributed by atoms with van der Waals surface area (Å²) < 4.78 is 32.3. The van der Waals surface area contributed by atoms with Crippen molar-refractivity contribution in [2.45, 2.75) is 30.7 Å². The lowest BCUT2D eigenvalue weighted by Crippen LogP contribution is -2.39. The minimum Gasteiger partial charge on any atom is -0.381 e. The monoisotopic (exact) mass is 255 g/mol. The average Bonchev–Trinajstić information content (AvgIpc) is 2.30. The van der Waals surface area contributed by atoms with Crippen LogP contribution in [0.15, 0.2) is 29.2 Å². The van der Waals surface area contributed by atoms with Crippen molar-refractivity contribution >= 4 is 10.0 Å². The summed E-state index contributed by atoms with van der Waals surface area (Å²) >= 11 is 0. The Bertz CT molecular complexity index is 478. The fourth-order valence-corrected chi connectivity index (χ4v) is 3.51. The van der Waals surface area contributed by atoms with Crippen LogP contribution in [0.5, 0.6) is 0 Å². The van der Waals surface area contributed by atoms with Gasteiger partial charge in [0.05, 0.1) is 4.90 Å². The van der Waals surface area contributed by atoms with Crippen LogP contribution in [0.1, 0.15) is 18.4 Å². The highest BCUT2D eigenvalue weighted by Crippen LogP contribution is 2.16. The van der Waals surface area contributed by atoms with Crippen molar-refractivity contribution in [2.75, 3.05) is 13.2 Å². The molecule has 0 aliphatic carbocycles. The van der Waals surface area contributed by atoms with E-state index in [1.54, 1.807) is 25.1 Å². The van der Waals surface area contributed by atoms with Crippen molar-refractivity contribution < 1.29 is 13.2 Å². The molecule has 0 spiro atoms. The number of nitrogens with one attached hydrogen (secondary N) is 1. The molecule has 0 saturated carbocycles. The van der Waals surface area contributed by atoms with E-state index < -0.39 is 10.0 Å². The zero-order chi connectivity index (χ0) is 12.3. The van der Waals surface area contributed by atoms with Crippen molar-refractivity contribution in [1.29, 1.82) is 0 Å². The maximum absolute atomic E-state index is 12.2. The van der Waals surface area contributed by atoms with Gasteiger partial charge in [0, 0.05) is 19.3 Å². The van der Waals surface area contributed by atoms with Gasteiger partial charge >= 0.3 is 0 Å². The van der Waals surface area contributed by atoms with Crippen molar-refractivity contribution in [1.82, 2.24) is 4.72 Å². The van der Waals surface area contributed by atoms with Crippen LogP contribution < -0.4 is 4.72 Å². The number of rotatable bonds is 3. The molecule has 0 unspecified atom stereocenters. The molecule has 2 rings (SSSR count). The smallest absolute Gasteiger partial charge is 0.241 e. The van der Waals surface area contributed by atoms with Crippen molar-refractivity contribution in [3.05, 3.63) is 29.8 Å². The molecule has 1 aliphatic heterocycles. The molecule has 94 valence electrons. The third-order valence-corrected chi connectivity index (χ3v) is 4.61. The summed E-state index contributed by atoms with van der Waals surface area (Å²) in [5.41, 5.74) is 0.770. The third-order valence-electron chi connectivity index (χ3n) is 2.93. The second-order valence-corrected chi connectivity index (χ2v) is 5.96. The molecule has 17 heavy (non-hydrogen) atoms. The van der Waals surface area contributed by atoms with Gasteiger partial charge in [0.2, 0.25) is 10.0 Å². The van der Waals surface area contributed by atoms with Crippen LogP contribution in [-0.2, 0) is 14.8 Å². The largest absolute Gasteiger partial charge is 0.381 e. The van der Waals surface area contributed by atoms with Crippen LogP contribution in [0.4, 0.5) is 0 Å². The highest BCUT2D eigenvalue weighted by molar-refractivity contribution is 7.89. The van der Waals surface area contributed by atoms with Crippen LogP contribution in [0, 0.1) is 6.92 Å². The lowest BCUT2D eigenvalue weighted by molar-refractivity contribution is 0.0832. The van der Waals surface area contributed by atoms with Gasteiger partial charge in [0.25, 0.3) is 0 Å². The second kappa shape index (κ2) is 5.16. The van der Waals surface area contributed by atoms with Crippen molar-refractivity contribution in [3.8, 4) is 0 Å². The molecule has 1 saturated heterocycles. The first-order chi connectivity index (χ1) is 8.09. The molecular formula is C12H17NO3S. The first-order valence-electron chi connectivity index (χ1n) is 5.75. The molecule has 0 aromatic heterocycles. The highest BCUT2D eigenvalue weighted by atomic mass is 32.2. The Kier molecular flexibility index (Phi) is 3.81. The van der Waals surface area contributed by atoms with Crippen LogP contribution in [0.25, 0.3) is 0 Å². The Morgan fingerprint density at radius 3 is 2.53 bits per heavy atom. The molecule has 5 heteroatoms. The SMILES string of the molecule is Cc1ccccc1S(=O)(=O)NC1CCOCC1. The molecule has 1 aromatic carbocycles. The molecular weight excluding hydrogens is 238 g/mol. The van der Waals surface area contributed by atoms with Gasteiger partial charge < -0.3 is 4.74 Å². The normalized spacial score (nSPS) is 18.2. The minimum absolute atomic E-state index is 0.00615. The molecule has 1 aromatic rings. The molecule has 4 nitrogen and oxygen atoms in total. The summed E-state index contributed by atoms with van der Waals surface area (Å²) in [4.78, 5) is 0.367. The van der Waals surface area contributed by atoms with E-state index in [-0.39, 0.29) is 6.04 Å². The van der Waals surface area contributed by atoms with Gasteiger partial charge in [-0.25, -0.2) is 13.1 Å². The van der Waals surface area contributed by atoms with Gasteiger partial charge in [0.15, 0.2) is 0 Å². The maximum Gasteiger partial charge on any atom is 0.241 e. The van der Waals surface area contributed by atoms with E-state index in [9.17, 15) is 8.42 Å². The first-order valence-corrected chi connectivity index (χ1v) is 7.23. The number of ether oxygens (including phenoxy) is 1. The van der Waals surface area contributed by atoms with Gasteiger partial charge in [0.1, 0.15) is 0 Å². The fourth-order valence-electron chi connectivity index (χ4n) is 1.96. The Morgan fingerprint density at radius 1 is 1.24 bits per heavy atom. The lowest BCUT2D eigenvalue weighted by Gasteiger charge is -2.23. The van der Waals surface area contributed by atoms with E-state index in [4.69, 9.17) is 4.74 Å². The van der Waals surface area contributed by atoms with E-state index >= 15 is 0 Å². The van der Waals surface area contributed by atoms with Crippen LogP contribution >= 0.6 is 0 Å². The number of hydrogen-bond donors (Lipinski definition) is 1. The molecule has 0 amide bonds. The quantitative estimate of drug-likeness (QED) is 0.889. The predicted molar refractivity (Wildman–Crippen MR) is 65.3 cm³/mol. The van der Waals surface area contributed by atoms with Gasteiger partial charge in [-0.05, 0) is 31.4 Å². The third kappa shape index (κ3) is 3.06. The molecule has 1 aliphatic rings. The van der Waals surface area contributed by atoms with E-state index in [1.165, 1.54) is 0 Å². The standard InChI is InChI=1S/C12H17NO3S/c1-10-4-2-3-5-12(10)17(14,15)13-11-6-8-16-9-7-11/h2-5,11,13H,6-9H2,1H3. The lowest BCUT2D eigenvalue weighted by atomic mass is 10.1. The number of benzene rings is 1. The van der Waals surface area contributed by atoms with Gasteiger partial charge in [-0.1, -0.05) is 18.2 Å². The molecule has 1 heterocycles. The second-order valence-electron chi connectivity index (χ2n) is 4.27. The summed E-state index contributed by atoms with van der Waals surface area (Å²) in [6, 6.07) is 7.01. The zero-order valence-electron chi connectivity index (χ0n) is 9.85. The van der Waals surface area contributed by atoms with Crippen molar-refractivity contribution in [2.24, 2.45) is 0 Å². The van der Waals surface area contributed by atoms with E-state index in [2.05, 4.69) is 4.72 Å². The Balaban J connectivity index is 2.16. The summed E-state index contributed by atoms with van der Waals surface area (Å²) in [6.07, 6.45) is 1.48. The fraction of sp³-hybridized carbons (Fsp3) is 0.500. The van der Waals surface area contributed by atoms with E-state index in [0.717, 1.165) is 18.4 Å². The summed E-state index contributed by atoms with van der Waals surface area (Å²) in [5, 5.41) is 0. The Morgan fingerprint density at radius 2 is 1.88 bits per heavy atom. The van der Waals surface area contributed by atoms with Crippen LogP contribution in [0.2, 0.25) is 0 Å². The molecule has 0 bridgehead atoms. The Hall–Kier alpha value is -0.910. The Labute approximate surface area is 102 Å². The van der Waals surface area contributed by atoms with Crippen LogP contribution in [0.3, 0.4) is 0 Å². The minimum atomic E-state index is -3.40. The van der Waals surface area contributed by atoms with Crippen molar-refractivity contribution in [3.63, 3.8) is 0 Å². The van der Waals surface area contributed by atoms with Gasteiger partial charge in [-0.2, -0.15) is 0 Å². The van der Waals surface area contributed by atoms with E-state index in [1.807, 2.05) is 6.07 Å². The zero-order valence-corrected chi connectivity index (χ0v) is 10.7. The number of sulfonamides is 1. The van der Waals surface area contributed by atoms with Gasteiger partial charge in [-0.3, -0.25) is 0 Å². The number of hydrogen-bond acceptors (Lipinski definition) is 3. The highest BCUT2D eigenvalue weighted by Gasteiger charge is 2.22. The number of aryl methyl sites for hydroxylation is 1. The summed E-state index contributed by atoms with van der Waals surface area (Å²) in [5.74, 6) is 0. The maximum atomic E-state index is 12.2. The van der Waals surface area contributed by atoms with Gasteiger partial charge in [-0.15, -0.1) is 0 Å². The van der Waals surface area contributed by atoms with E-state index in [0.29, 0.717) is 18.1 Å². The summed E-state index contributed by atoms with van der Waals surface area (Å²) in [6.45, 7) is 3.06.